The van der Waals surface area contributed by atoms with Gasteiger partial charge in [0.1, 0.15) is 0 Å². The van der Waals surface area contributed by atoms with Crippen LogP contribution in [0.4, 0.5) is 0 Å². The highest BCUT2D eigenvalue weighted by Crippen LogP contribution is 2.22. The van der Waals surface area contributed by atoms with Crippen molar-refractivity contribution in [3.63, 3.8) is 0 Å². The van der Waals surface area contributed by atoms with Gasteiger partial charge in [0.05, 0.1) is 22.7 Å². The highest BCUT2D eigenvalue weighted by atomic mass is 35.5. The number of nitrogens with zero attached hydrogens (tertiary/aromatic N) is 1. The molecule has 94 valence electrons. The molecule has 0 aliphatic heterocycles. The molecule has 1 atom stereocenters. The van der Waals surface area contributed by atoms with Crippen LogP contribution in [0.25, 0.3) is 0 Å². The third-order valence-corrected chi connectivity index (χ3v) is 2.97. The summed E-state index contributed by atoms with van der Waals surface area (Å²) in [7, 11) is 1.78. The molecule has 17 heavy (non-hydrogen) atoms. The maximum atomic E-state index is 11.9. The van der Waals surface area contributed by atoms with Crippen LogP contribution >= 0.6 is 23.2 Å². The molecule has 0 saturated carbocycles. The van der Waals surface area contributed by atoms with Crippen LogP contribution in [-0.4, -0.2) is 42.0 Å². The van der Waals surface area contributed by atoms with Crippen molar-refractivity contribution in [2.24, 2.45) is 0 Å². The molecule has 0 saturated heterocycles. The van der Waals surface area contributed by atoms with Crippen LogP contribution in [0.1, 0.15) is 17.3 Å². The number of aliphatic hydroxyl groups excluding tert-OH is 1. The van der Waals surface area contributed by atoms with Gasteiger partial charge >= 0.3 is 0 Å². The van der Waals surface area contributed by atoms with Crippen LogP contribution in [-0.2, 0) is 0 Å². The Morgan fingerprint density at radius 1 is 1.41 bits per heavy atom. The second-order valence-corrected chi connectivity index (χ2v) is 4.91. The number of aliphatic hydroxyl groups is 1. The fourth-order valence-electron chi connectivity index (χ4n) is 1.52. The van der Waals surface area contributed by atoms with Crippen LogP contribution in [0.15, 0.2) is 18.2 Å². The number of rotatable bonds is 5. The van der Waals surface area contributed by atoms with Gasteiger partial charge in [-0.3, -0.25) is 9.69 Å². The van der Waals surface area contributed by atoms with Gasteiger partial charge in [0.25, 0.3) is 0 Å². The number of likely N-dealkylation sites (N-methyl/N-ethyl adjacent to an activating group) is 1. The summed E-state index contributed by atoms with van der Waals surface area (Å²) in [6.45, 7) is 2.37. The lowest BCUT2D eigenvalue weighted by Crippen LogP contribution is -2.32. The van der Waals surface area contributed by atoms with Crippen LogP contribution < -0.4 is 0 Å². The largest absolute Gasteiger partial charge is 0.392 e. The quantitative estimate of drug-likeness (QED) is 0.840. The Bertz CT molecular complexity index is 407. The topological polar surface area (TPSA) is 40.5 Å². The van der Waals surface area contributed by atoms with E-state index in [4.69, 9.17) is 23.2 Å². The van der Waals surface area contributed by atoms with Crippen molar-refractivity contribution < 1.29 is 9.90 Å². The average molecular weight is 276 g/mol. The van der Waals surface area contributed by atoms with E-state index in [9.17, 15) is 9.90 Å². The molecular formula is C12H15Cl2NO2. The molecule has 1 aromatic carbocycles. The third-order valence-electron chi connectivity index (χ3n) is 2.23. The lowest BCUT2D eigenvalue weighted by molar-refractivity contribution is 0.0901. The Morgan fingerprint density at radius 3 is 2.59 bits per heavy atom. The summed E-state index contributed by atoms with van der Waals surface area (Å²) >= 11 is 11.6. The Labute approximate surface area is 111 Å². The molecule has 0 aromatic heterocycles. The molecule has 3 nitrogen and oxygen atoms in total. The maximum absolute atomic E-state index is 11.9. The van der Waals surface area contributed by atoms with Crippen molar-refractivity contribution in [1.29, 1.82) is 0 Å². The van der Waals surface area contributed by atoms with E-state index in [-0.39, 0.29) is 12.3 Å². The SMILES string of the molecule is CC(O)CN(C)CC(=O)c1ccc(Cl)c(Cl)c1. The zero-order valence-electron chi connectivity index (χ0n) is 9.78. The van der Waals surface area contributed by atoms with Crippen LogP contribution in [0.5, 0.6) is 0 Å². The Kier molecular flexibility index (Phi) is 5.40. The zero-order chi connectivity index (χ0) is 13.0. The van der Waals surface area contributed by atoms with Gasteiger partial charge in [-0.25, -0.2) is 0 Å². The average Bonchev–Trinajstić information content (AvgIpc) is 2.20. The molecule has 1 N–H and O–H groups in total. The molecule has 5 heteroatoms. The van der Waals surface area contributed by atoms with Crippen molar-refractivity contribution in [2.75, 3.05) is 20.1 Å². The predicted molar refractivity (Wildman–Crippen MR) is 70.0 cm³/mol. The summed E-state index contributed by atoms with van der Waals surface area (Å²) < 4.78 is 0. The van der Waals surface area contributed by atoms with Crippen LogP contribution in [0, 0.1) is 0 Å². The molecule has 0 radical (unpaired) electrons. The first-order valence-corrected chi connectivity index (χ1v) is 6.00. The number of halogens is 2. The first-order chi connectivity index (χ1) is 7.90. The van der Waals surface area contributed by atoms with E-state index in [2.05, 4.69) is 0 Å². The van der Waals surface area contributed by atoms with E-state index < -0.39 is 6.10 Å². The lowest BCUT2D eigenvalue weighted by atomic mass is 10.1. The number of Topliss-reactive ketones (excluding diaryl/α,β-unsaturated/α-hetero) is 1. The summed E-state index contributed by atoms with van der Waals surface area (Å²) in [6, 6.07) is 4.81. The summed E-state index contributed by atoms with van der Waals surface area (Å²) in [5.41, 5.74) is 0.525. The van der Waals surface area contributed by atoms with Gasteiger partial charge in [0.2, 0.25) is 0 Å². The van der Waals surface area contributed by atoms with Crippen molar-refractivity contribution in [3.05, 3.63) is 33.8 Å². The molecule has 0 fully saturated rings. The molecule has 1 unspecified atom stereocenters. The minimum Gasteiger partial charge on any atom is -0.392 e. The van der Waals surface area contributed by atoms with Gasteiger partial charge in [-0.2, -0.15) is 0 Å². The normalized spacial score (nSPS) is 12.8. The van der Waals surface area contributed by atoms with Crippen LogP contribution in [0.2, 0.25) is 10.0 Å². The second kappa shape index (κ2) is 6.36. The molecule has 0 spiro atoms. The fourth-order valence-corrected chi connectivity index (χ4v) is 1.82. The highest BCUT2D eigenvalue weighted by Gasteiger charge is 2.12. The van der Waals surface area contributed by atoms with Gasteiger partial charge in [0, 0.05) is 12.1 Å². The van der Waals surface area contributed by atoms with E-state index >= 15 is 0 Å². The van der Waals surface area contributed by atoms with Crippen LogP contribution in [0.3, 0.4) is 0 Å². The minimum atomic E-state index is -0.457. The molecule has 0 aliphatic carbocycles. The number of ketones is 1. The molecule has 0 bridgehead atoms. The molecule has 0 amide bonds. The van der Waals surface area contributed by atoms with Gasteiger partial charge < -0.3 is 5.11 Å². The van der Waals surface area contributed by atoms with Crippen molar-refractivity contribution in [2.45, 2.75) is 13.0 Å². The summed E-state index contributed by atoms with van der Waals surface area (Å²) in [6.07, 6.45) is -0.457. The minimum absolute atomic E-state index is 0.0493. The molecular weight excluding hydrogens is 261 g/mol. The van der Waals surface area contributed by atoms with Crippen molar-refractivity contribution in [3.8, 4) is 0 Å². The molecule has 1 rings (SSSR count). The number of carbonyl (C=O) groups excluding carboxylic acids is 1. The maximum Gasteiger partial charge on any atom is 0.176 e. The second-order valence-electron chi connectivity index (χ2n) is 4.10. The fraction of sp³-hybridized carbons (Fsp3) is 0.417. The third kappa shape index (κ3) is 4.64. The predicted octanol–water partition coefficient (Wildman–Crippen LogP) is 2.49. The Hall–Kier alpha value is -0.610. The number of hydrogen-bond donors (Lipinski definition) is 1. The van der Waals surface area contributed by atoms with Crippen molar-refractivity contribution >= 4 is 29.0 Å². The smallest absolute Gasteiger partial charge is 0.176 e. The van der Waals surface area contributed by atoms with Gasteiger partial charge in [-0.05, 0) is 32.2 Å². The molecule has 1 aromatic rings. The van der Waals surface area contributed by atoms with Gasteiger partial charge in [0.15, 0.2) is 5.78 Å². The number of benzene rings is 1. The number of hydrogen-bond acceptors (Lipinski definition) is 3. The van der Waals surface area contributed by atoms with E-state index in [1.54, 1.807) is 37.1 Å². The van der Waals surface area contributed by atoms with E-state index in [0.717, 1.165) is 0 Å². The summed E-state index contributed by atoms with van der Waals surface area (Å²) in [5.74, 6) is -0.0493. The van der Waals surface area contributed by atoms with Gasteiger partial charge in [-0.1, -0.05) is 23.2 Å². The highest BCUT2D eigenvalue weighted by molar-refractivity contribution is 6.42. The molecule has 0 heterocycles. The Balaban J connectivity index is 2.66. The Morgan fingerprint density at radius 2 is 2.06 bits per heavy atom. The summed E-state index contributed by atoms with van der Waals surface area (Å²) in [4.78, 5) is 13.6. The van der Waals surface area contributed by atoms with E-state index in [0.29, 0.717) is 22.2 Å². The van der Waals surface area contributed by atoms with E-state index in [1.165, 1.54) is 0 Å². The first kappa shape index (κ1) is 14.5. The standard InChI is InChI=1S/C12H15Cl2NO2/c1-8(16)6-15(2)7-12(17)9-3-4-10(13)11(14)5-9/h3-5,8,16H,6-7H2,1-2H3. The zero-order valence-corrected chi connectivity index (χ0v) is 11.3. The van der Waals surface area contributed by atoms with Crippen molar-refractivity contribution in [1.82, 2.24) is 4.90 Å². The first-order valence-electron chi connectivity index (χ1n) is 5.25. The van der Waals surface area contributed by atoms with Gasteiger partial charge in [-0.15, -0.1) is 0 Å². The lowest BCUT2D eigenvalue weighted by Gasteiger charge is -2.17. The monoisotopic (exact) mass is 275 g/mol. The molecule has 0 aliphatic rings. The number of carbonyl (C=O) groups is 1. The summed E-state index contributed by atoms with van der Waals surface area (Å²) in [5, 5.41) is 10.00. The van der Waals surface area contributed by atoms with E-state index in [1.807, 2.05) is 0 Å².